The lowest BCUT2D eigenvalue weighted by molar-refractivity contribution is 0.168. The quantitative estimate of drug-likeness (QED) is 0.779. The average Bonchev–Trinajstić information content (AvgIpc) is 2.42. The molecule has 0 radical (unpaired) electrons. The third kappa shape index (κ3) is 3.45. The van der Waals surface area contributed by atoms with Crippen molar-refractivity contribution in [3.8, 4) is 5.75 Å². The van der Waals surface area contributed by atoms with Crippen molar-refractivity contribution in [1.82, 2.24) is 4.90 Å². The van der Waals surface area contributed by atoms with E-state index in [1.54, 1.807) is 26.1 Å². The molecule has 0 fully saturated rings. The minimum atomic E-state index is -4.26. The third-order valence-corrected chi connectivity index (χ3v) is 5.82. The summed E-state index contributed by atoms with van der Waals surface area (Å²) in [6, 6.07) is 7.42. The Morgan fingerprint density at radius 1 is 1.32 bits per heavy atom. The number of hydrogen-bond acceptors (Lipinski definition) is 4. The summed E-state index contributed by atoms with van der Waals surface area (Å²) in [6.07, 6.45) is 0.570. The van der Waals surface area contributed by atoms with Gasteiger partial charge >= 0.3 is 0 Å². The Balaban J connectivity index is 3.68. The topological polar surface area (TPSA) is 66.8 Å². The van der Waals surface area contributed by atoms with E-state index in [4.69, 9.17) is 4.74 Å². The van der Waals surface area contributed by atoms with E-state index < -0.39 is 20.9 Å². The van der Waals surface area contributed by atoms with Crippen molar-refractivity contribution in [3.63, 3.8) is 0 Å². The molecule has 126 valence electrons. The monoisotopic (exact) mass is 329 g/mol. The highest BCUT2D eigenvalue weighted by Gasteiger charge is 2.49. The number of methoxy groups -OCH3 is 1. The molecule has 0 aliphatic heterocycles. The number of likely N-dealkylation sites (N-methyl/N-ethyl adjacent to an activating group) is 1. The molecule has 22 heavy (non-hydrogen) atoms. The van der Waals surface area contributed by atoms with Crippen LogP contribution in [0.1, 0.15) is 32.8 Å². The number of hydrogen-bond donors (Lipinski definition) is 1. The Labute approximate surface area is 134 Å². The molecule has 1 N–H and O–H groups in total. The smallest absolute Gasteiger partial charge is 0.282 e. The van der Waals surface area contributed by atoms with Gasteiger partial charge in [-0.05, 0) is 44.1 Å². The molecule has 6 heteroatoms. The molecule has 2 atom stereocenters. The second-order valence-electron chi connectivity index (χ2n) is 6.11. The molecule has 0 aliphatic rings. The van der Waals surface area contributed by atoms with Gasteiger partial charge in [-0.15, -0.1) is 0 Å². The molecule has 0 aliphatic carbocycles. The summed E-state index contributed by atoms with van der Waals surface area (Å²) in [5.41, 5.74) is 0.103. The Morgan fingerprint density at radius 2 is 1.91 bits per heavy atom. The molecule has 0 bridgehead atoms. The van der Waals surface area contributed by atoms with Crippen molar-refractivity contribution in [2.45, 2.75) is 38.0 Å². The maximum atomic E-state index is 12.1. The Morgan fingerprint density at radius 3 is 2.27 bits per heavy atom. The summed E-state index contributed by atoms with van der Waals surface area (Å²) < 4.78 is 39.3. The number of nitrogens with zero attached hydrogens (tertiary/aromatic N) is 1. The minimum absolute atomic E-state index is 0.000990. The fourth-order valence-electron chi connectivity index (χ4n) is 3.45. The lowest BCUT2D eigenvalue weighted by atomic mass is 9.69. The van der Waals surface area contributed by atoms with Crippen LogP contribution < -0.4 is 4.74 Å². The first kappa shape index (κ1) is 18.9. The van der Waals surface area contributed by atoms with Crippen molar-refractivity contribution in [2.75, 3.05) is 21.2 Å². The van der Waals surface area contributed by atoms with Crippen molar-refractivity contribution in [3.05, 3.63) is 29.8 Å². The highest BCUT2D eigenvalue weighted by molar-refractivity contribution is 7.86. The average molecular weight is 329 g/mol. The van der Waals surface area contributed by atoms with E-state index in [0.717, 1.165) is 5.56 Å². The Kier molecular flexibility index (Phi) is 6.01. The molecule has 5 nitrogen and oxygen atoms in total. The van der Waals surface area contributed by atoms with Gasteiger partial charge in [-0.1, -0.05) is 32.9 Å². The molecule has 0 heterocycles. The number of ether oxygens (including phenoxy) is 1. The molecular weight excluding hydrogens is 302 g/mol. The van der Waals surface area contributed by atoms with Gasteiger partial charge in [-0.2, -0.15) is 8.42 Å². The normalized spacial score (nSPS) is 16.6. The Hall–Kier alpha value is -1.11. The van der Waals surface area contributed by atoms with Gasteiger partial charge in [0.2, 0.25) is 0 Å². The maximum Gasteiger partial charge on any atom is 0.282 e. The van der Waals surface area contributed by atoms with Gasteiger partial charge in [-0.3, -0.25) is 9.45 Å². The molecule has 0 saturated carbocycles. The van der Waals surface area contributed by atoms with Crippen molar-refractivity contribution in [2.24, 2.45) is 5.92 Å². The van der Waals surface area contributed by atoms with E-state index in [2.05, 4.69) is 0 Å². The number of benzene rings is 1. The van der Waals surface area contributed by atoms with Crippen LogP contribution in [-0.2, 0) is 15.5 Å². The van der Waals surface area contributed by atoms with Crippen LogP contribution >= 0.6 is 0 Å². The van der Waals surface area contributed by atoms with Crippen LogP contribution in [0.15, 0.2) is 24.3 Å². The summed E-state index contributed by atoms with van der Waals surface area (Å²) >= 11 is 0. The van der Waals surface area contributed by atoms with E-state index in [0.29, 0.717) is 12.2 Å². The van der Waals surface area contributed by atoms with E-state index in [1.807, 2.05) is 45.0 Å². The lowest BCUT2D eigenvalue weighted by Gasteiger charge is -2.45. The van der Waals surface area contributed by atoms with E-state index in [-0.39, 0.29) is 5.92 Å². The van der Waals surface area contributed by atoms with Crippen LogP contribution in [0.3, 0.4) is 0 Å². The van der Waals surface area contributed by atoms with Gasteiger partial charge in [0, 0.05) is 5.41 Å². The molecule has 1 aromatic carbocycles. The zero-order valence-electron chi connectivity index (χ0n) is 14.2. The molecular formula is C16H27NO4S. The van der Waals surface area contributed by atoms with E-state index in [9.17, 15) is 13.0 Å². The molecule has 0 saturated heterocycles. The zero-order chi connectivity index (χ0) is 17.1. The van der Waals surface area contributed by atoms with Crippen LogP contribution in [-0.4, -0.2) is 44.4 Å². The summed E-state index contributed by atoms with van der Waals surface area (Å²) in [7, 11) is 0.660. The third-order valence-electron chi connectivity index (χ3n) is 4.41. The largest absolute Gasteiger partial charge is 0.497 e. The lowest BCUT2D eigenvalue weighted by Crippen LogP contribution is -2.54. The predicted octanol–water partition coefficient (Wildman–Crippen LogP) is 2.77. The van der Waals surface area contributed by atoms with E-state index in [1.165, 1.54) is 0 Å². The first-order valence-corrected chi connectivity index (χ1v) is 8.88. The zero-order valence-corrected chi connectivity index (χ0v) is 15.0. The van der Waals surface area contributed by atoms with Crippen LogP contribution in [0.5, 0.6) is 5.75 Å². The minimum Gasteiger partial charge on any atom is -0.497 e. The van der Waals surface area contributed by atoms with Gasteiger partial charge in [-0.25, -0.2) is 0 Å². The maximum absolute atomic E-state index is 12.1. The highest BCUT2D eigenvalue weighted by Crippen LogP contribution is 2.43. The molecule has 0 spiro atoms. The van der Waals surface area contributed by atoms with Gasteiger partial charge in [0.05, 0.1) is 7.11 Å². The molecule has 1 aromatic rings. The second kappa shape index (κ2) is 6.98. The van der Waals surface area contributed by atoms with Crippen LogP contribution in [0, 0.1) is 5.92 Å². The standard InChI is InChI=1S/C16H27NO4S/c1-7-16(12(2)3,15(17(4)5)22(18,19)20)13-9-8-10-14(11-13)21-6/h8-12,15H,7H2,1-6H3,(H,18,19,20)/t15?,16-/m1/s1. The molecule has 1 unspecified atom stereocenters. The first-order chi connectivity index (χ1) is 10.1. The Bertz CT molecular complexity index is 598. The van der Waals surface area contributed by atoms with Gasteiger partial charge in [0.1, 0.15) is 11.1 Å². The van der Waals surface area contributed by atoms with Crippen LogP contribution in [0.25, 0.3) is 0 Å². The summed E-state index contributed by atoms with van der Waals surface area (Å²) in [5, 5.41) is -1.03. The molecule has 0 amide bonds. The number of rotatable bonds is 7. The van der Waals surface area contributed by atoms with Crippen molar-refractivity contribution < 1.29 is 17.7 Å². The van der Waals surface area contributed by atoms with Crippen molar-refractivity contribution >= 4 is 10.1 Å². The second-order valence-corrected chi connectivity index (χ2v) is 7.59. The van der Waals surface area contributed by atoms with Crippen LogP contribution in [0.2, 0.25) is 0 Å². The summed E-state index contributed by atoms with van der Waals surface area (Å²) in [5.74, 6) is 0.669. The first-order valence-electron chi connectivity index (χ1n) is 7.38. The van der Waals surface area contributed by atoms with Crippen molar-refractivity contribution in [1.29, 1.82) is 0 Å². The van der Waals surface area contributed by atoms with Crippen LogP contribution in [0.4, 0.5) is 0 Å². The van der Waals surface area contributed by atoms with E-state index >= 15 is 0 Å². The fraction of sp³-hybridized carbons (Fsp3) is 0.625. The van der Waals surface area contributed by atoms with Gasteiger partial charge < -0.3 is 4.74 Å². The van der Waals surface area contributed by atoms with Gasteiger partial charge in [0.15, 0.2) is 0 Å². The molecule has 1 rings (SSSR count). The summed E-state index contributed by atoms with van der Waals surface area (Å²) in [6.45, 7) is 5.90. The highest BCUT2D eigenvalue weighted by atomic mass is 32.2. The SMILES string of the molecule is CC[C@](c1cccc(OC)c1)(C(C)C)C(N(C)C)S(=O)(=O)O. The fourth-order valence-corrected chi connectivity index (χ4v) is 5.09. The predicted molar refractivity (Wildman–Crippen MR) is 88.8 cm³/mol. The van der Waals surface area contributed by atoms with Gasteiger partial charge in [0.25, 0.3) is 10.1 Å². The molecule has 0 aromatic heterocycles. The summed E-state index contributed by atoms with van der Waals surface area (Å²) in [4.78, 5) is 1.57.